The summed E-state index contributed by atoms with van der Waals surface area (Å²) in [6, 6.07) is 6.31. The van der Waals surface area contributed by atoms with Crippen LogP contribution in [0.5, 0.6) is 0 Å². The van der Waals surface area contributed by atoms with Gasteiger partial charge in [-0.25, -0.2) is 0 Å². The molecular weight excluding hydrogens is 356 g/mol. The molecule has 0 aliphatic carbocycles. The van der Waals surface area contributed by atoms with Crippen molar-refractivity contribution >= 4 is 16.1 Å². The first-order valence-electron chi connectivity index (χ1n) is 9.18. The van der Waals surface area contributed by atoms with E-state index in [4.69, 9.17) is 8.92 Å². The zero-order valence-corrected chi connectivity index (χ0v) is 16.2. The van der Waals surface area contributed by atoms with Crippen molar-refractivity contribution in [3.8, 4) is 0 Å². The van der Waals surface area contributed by atoms with Crippen molar-refractivity contribution in [1.29, 1.82) is 0 Å². The van der Waals surface area contributed by atoms with Crippen molar-refractivity contribution in [2.45, 2.75) is 69.5 Å². The largest absolute Gasteiger partial charge is 0.461 e. The van der Waals surface area contributed by atoms with Crippen LogP contribution in [0.15, 0.2) is 29.2 Å². The molecule has 1 unspecified atom stereocenters. The highest BCUT2D eigenvalue weighted by Crippen LogP contribution is 2.31. The zero-order chi connectivity index (χ0) is 19.2. The Hall–Kier alpha value is -1.44. The summed E-state index contributed by atoms with van der Waals surface area (Å²) in [7, 11) is -3.91. The predicted molar refractivity (Wildman–Crippen MR) is 97.1 cm³/mol. The van der Waals surface area contributed by atoms with Gasteiger partial charge in [-0.1, -0.05) is 50.3 Å². The topological polar surface area (TPSA) is 89.9 Å². The van der Waals surface area contributed by atoms with Crippen molar-refractivity contribution in [3.05, 3.63) is 29.8 Å². The van der Waals surface area contributed by atoms with E-state index in [9.17, 15) is 18.3 Å². The molecule has 7 heteroatoms. The van der Waals surface area contributed by atoms with Crippen molar-refractivity contribution in [2.24, 2.45) is 5.92 Å². The average molecular weight is 384 g/mol. The van der Waals surface area contributed by atoms with Crippen LogP contribution in [0.2, 0.25) is 0 Å². The summed E-state index contributed by atoms with van der Waals surface area (Å²) in [5, 5.41) is 10.1. The third-order valence-corrected chi connectivity index (χ3v) is 5.91. The number of benzene rings is 1. The van der Waals surface area contributed by atoms with Gasteiger partial charge in [0.1, 0.15) is 6.10 Å². The number of carbonyl (C=O) groups excluding carboxylic acids is 1. The van der Waals surface area contributed by atoms with Crippen LogP contribution in [0.3, 0.4) is 0 Å². The predicted octanol–water partition coefficient (Wildman–Crippen LogP) is 2.96. The number of aryl methyl sites for hydroxylation is 1. The van der Waals surface area contributed by atoms with Crippen LogP contribution in [0.1, 0.15) is 51.0 Å². The van der Waals surface area contributed by atoms with Gasteiger partial charge in [-0.15, -0.1) is 0 Å². The van der Waals surface area contributed by atoms with Gasteiger partial charge in [0.2, 0.25) is 0 Å². The molecule has 1 heterocycles. The Balaban J connectivity index is 1.78. The van der Waals surface area contributed by atoms with E-state index in [1.807, 2.05) is 6.92 Å². The second kappa shape index (κ2) is 9.48. The molecular formula is C19H28O6S. The highest BCUT2D eigenvalue weighted by Gasteiger charge is 2.42. The number of aliphatic hydroxyl groups excluding tert-OH is 1. The summed E-state index contributed by atoms with van der Waals surface area (Å²) in [5.41, 5.74) is 0.945. The van der Waals surface area contributed by atoms with Gasteiger partial charge in [0.15, 0.2) is 0 Å². The molecule has 1 aliphatic rings. The molecule has 0 aromatic heterocycles. The standard InChI is InChI=1S/C19H28O6S/c1-3-4-5-6-7-17-18(25-19(17)21)12-15(20)13-24-26(22,23)16-10-8-14(2)9-11-16/h8-11,15,17-18,20H,3-7,12-13H2,1-2H3/t15-,17-,18?/m0/s1. The number of cyclic esters (lactones) is 1. The second-order valence-electron chi connectivity index (χ2n) is 6.87. The van der Waals surface area contributed by atoms with E-state index in [-0.39, 0.29) is 35.9 Å². The van der Waals surface area contributed by atoms with Crippen LogP contribution in [-0.4, -0.2) is 38.3 Å². The van der Waals surface area contributed by atoms with Crippen LogP contribution < -0.4 is 0 Å². The lowest BCUT2D eigenvalue weighted by molar-refractivity contribution is -0.189. The molecule has 0 amide bonds. The van der Waals surface area contributed by atoms with Gasteiger partial charge in [0, 0.05) is 6.42 Å². The summed E-state index contributed by atoms with van der Waals surface area (Å²) in [4.78, 5) is 11.6. The van der Waals surface area contributed by atoms with Crippen molar-refractivity contribution in [2.75, 3.05) is 6.61 Å². The number of carbonyl (C=O) groups is 1. The second-order valence-corrected chi connectivity index (χ2v) is 8.49. The van der Waals surface area contributed by atoms with Gasteiger partial charge >= 0.3 is 5.97 Å². The number of esters is 1. The highest BCUT2D eigenvalue weighted by atomic mass is 32.2. The summed E-state index contributed by atoms with van der Waals surface area (Å²) >= 11 is 0. The van der Waals surface area contributed by atoms with Gasteiger partial charge in [0.25, 0.3) is 10.1 Å². The van der Waals surface area contributed by atoms with Crippen molar-refractivity contribution < 1.29 is 27.2 Å². The Morgan fingerprint density at radius 3 is 2.50 bits per heavy atom. The molecule has 2 rings (SSSR count). The molecule has 1 aromatic rings. The van der Waals surface area contributed by atoms with E-state index in [0.717, 1.165) is 37.7 Å². The zero-order valence-electron chi connectivity index (χ0n) is 15.4. The summed E-state index contributed by atoms with van der Waals surface area (Å²) in [6.45, 7) is 3.63. The highest BCUT2D eigenvalue weighted by molar-refractivity contribution is 7.86. The third-order valence-electron chi connectivity index (χ3n) is 4.62. The minimum absolute atomic E-state index is 0.0548. The molecule has 3 atom stereocenters. The first kappa shape index (κ1) is 20.9. The SMILES string of the molecule is CCCCCC[C@@H]1C(=O)OC1C[C@H](O)COS(=O)(=O)c1ccc(C)cc1. The minimum Gasteiger partial charge on any atom is -0.461 e. The Morgan fingerprint density at radius 1 is 1.19 bits per heavy atom. The van der Waals surface area contributed by atoms with E-state index in [2.05, 4.69) is 6.92 Å². The summed E-state index contributed by atoms with van der Waals surface area (Å²) in [5.74, 6) is -0.429. The van der Waals surface area contributed by atoms with Crippen molar-refractivity contribution in [3.63, 3.8) is 0 Å². The third kappa shape index (κ3) is 5.79. The first-order valence-corrected chi connectivity index (χ1v) is 10.6. The van der Waals surface area contributed by atoms with Gasteiger partial charge in [-0.05, 0) is 25.5 Å². The maximum absolute atomic E-state index is 12.1. The lowest BCUT2D eigenvalue weighted by Gasteiger charge is -2.36. The monoisotopic (exact) mass is 384 g/mol. The Morgan fingerprint density at radius 2 is 1.88 bits per heavy atom. The molecule has 1 fully saturated rings. The lowest BCUT2D eigenvalue weighted by Crippen LogP contribution is -2.47. The maximum Gasteiger partial charge on any atom is 0.313 e. The van der Waals surface area contributed by atoms with Crippen LogP contribution in [0, 0.1) is 12.8 Å². The number of hydrogen-bond donors (Lipinski definition) is 1. The fraction of sp³-hybridized carbons (Fsp3) is 0.632. The first-order chi connectivity index (χ1) is 12.3. The molecule has 0 radical (unpaired) electrons. The van der Waals surface area contributed by atoms with Gasteiger partial charge < -0.3 is 9.84 Å². The Kier molecular flexibility index (Phi) is 7.61. The Labute approximate surface area is 155 Å². The lowest BCUT2D eigenvalue weighted by atomic mass is 9.87. The molecule has 1 aliphatic heterocycles. The number of hydrogen-bond acceptors (Lipinski definition) is 6. The number of aliphatic hydroxyl groups is 1. The van der Waals surface area contributed by atoms with E-state index >= 15 is 0 Å². The molecule has 1 N–H and O–H groups in total. The van der Waals surface area contributed by atoms with Crippen molar-refractivity contribution in [1.82, 2.24) is 0 Å². The molecule has 1 saturated heterocycles. The van der Waals surface area contributed by atoms with E-state index in [0.29, 0.717) is 0 Å². The molecule has 6 nitrogen and oxygen atoms in total. The number of ether oxygens (including phenoxy) is 1. The molecule has 0 spiro atoms. The minimum atomic E-state index is -3.91. The van der Waals surface area contributed by atoms with Crippen LogP contribution in [0.4, 0.5) is 0 Å². The fourth-order valence-electron chi connectivity index (χ4n) is 2.98. The molecule has 0 saturated carbocycles. The average Bonchev–Trinajstić information content (AvgIpc) is 2.60. The fourth-order valence-corrected chi connectivity index (χ4v) is 3.92. The van der Waals surface area contributed by atoms with Gasteiger partial charge in [-0.2, -0.15) is 8.42 Å². The Bertz CT molecular complexity index is 682. The molecule has 0 bridgehead atoms. The maximum atomic E-state index is 12.1. The van der Waals surface area contributed by atoms with Gasteiger partial charge in [0.05, 0.1) is 23.5 Å². The summed E-state index contributed by atoms with van der Waals surface area (Å²) < 4.78 is 34.3. The van der Waals surface area contributed by atoms with E-state index < -0.39 is 16.2 Å². The smallest absolute Gasteiger partial charge is 0.313 e. The molecule has 1 aromatic carbocycles. The normalized spacial score (nSPS) is 21.1. The van der Waals surface area contributed by atoms with Crippen LogP contribution in [0.25, 0.3) is 0 Å². The number of unbranched alkanes of at least 4 members (excludes halogenated alkanes) is 3. The van der Waals surface area contributed by atoms with E-state index in [1.165, 1.54) is 12.1 Å². The van der Waals surface area contributed by atoms with Gasteiger partial charge in [-0.3, -0.25) is 8.98 Å². The van der Waals surface area contributed by atoms with Crippen LogP contribution >= 0.6 is 0 Å². The molecule has 146 valence electrons. The quantitative estimate of drug-likeness (QED) is 0.358. The summed E-state index contributed by atoms with van der Waals surface area (Å²) in [6.07, 6.45) is 3.87. The molecule has 26 heavy (non-hydrogen) atoms. The van der Waals surface area contributed by atoms with Crippen LogP contribution in [-0.2, 0) is 23.8 Å². The number of rotatable bonds is 11. The van der Waals surface area contributed by atoms with E-state index in [1.54, 1.807) is 12.1 Å².